The molecule has 0 fully saturated rings. The number of hydrogen-bond donors (Lipinski definition) is 2. The fourth-order valence-corrected chi connectivity index (χ4v) is 2.77. The summed E-state index contributed by atoms with van der Waals surface area (Å²) in [6, 6.07) is 13.2. The first-order valence-corrected chi connectivity index (χ1v) is 8.11. The van der Waals surface area contributed by atoms with E-state index in [9.17, 15) is 18.0 Å². The van der Waals surface area contributed by atoms with Gasteiger partial charge in [0.25, 0.3) is 0 Å². The molecule has 7 heteroatoms. The fourth-order valence-electron chi connectivity index (χ4n) is 2.77. The summed E-state index contributed by atoms with van der Waals surface area (Å²) in [7, 11) is 0. The van der Waals surface area contributed by atoms with E-state index in [2.05, 4.69) is 15.0 Å². The maximum absolute atomic E-state index is 12.2. The highest BCUT2D eigenvalue weighted by atomic mass is 19.4. The second-order valence-electron chi connectivity index (χ2n) is 5.84. The number of halogens is 3. The fraction of sp³-hybridized carbons (Fsp3) is 0.211. The van der Waals surface area contributed by atoms with Gasteiger partial charge in [0.15, 0.2) is 0 Å². The standard InChI is InChI=1S/C19H17F3N2O2/c20-19(21,22)26-15-7-4-6-14(11-15)24-18(25)10-3-5-13-12-23-17-9-2-1-8-16(13)17/h1-2,4,6-9,11-12,23H,3,5,10H2,(H,24,25). The molecule has 0 radical (unpaired) electrons. The van der Waals surface area contributed by atoms with E-state index in [4.69, 9.17) is 0 Å². The van der Waals surface area contributed by atoms with E-state index < -0.39 is 6.36 Å². The Morgan fingerprint density at radius 2 is 1.92 bits per heavy atom. The minimum Gasteiger partial charge on any atom is -0.406 e. The Balaban J connectivity index is 1.52. The van der Waals surface area contributed by atoms with E-state index in [1.165, 1.54) is 18.2 Å². The molecule has 1 aromatic heterocycles. The van der Waals surface area contributed by atoms with Crippen LogP contribution in [-0.2, 0) is 11.2 Å². The molecule has 0 aliphatic heterocycles. The van der Waals surface area contributed by atoms with Crippen molar-refractivity contribution in [1.29, 1.82) is 0 Å². The first kappa shape index (κ1) is 17.8. The number of carbonyl (C=O) groups excluding carboxylic acids is 1. The number of H-pyrrole nitrogens is 1. The number of benzene rings is 2. The van der Waals surface area contributed by atoms with Gasteiger partial charge in [-0.25, -0.2) is 0 Å². The summed E-state index contributed by atoms with van der Waals surface area (Å²) in [6.45, 7) is 0. The van der Waals surface area contributed by atoms with Crippen molar-refractivity contribution in [3.8, 4) is 5.75 Å². The van der Waals surface area contributed by atoms with Crippen molar-refractivity contribution in [1.82, 2.24) is 4.98 Å². The first-order valence-electron chi connectivity index (χ1n) is 8.11. The summed E-state index contributed by atoms with van der Waals surface area (Å²) >= 11 is 0. The van der Waals surface area contributed by atoms with Gasteiger partial charge < -0.3 is 15.0 Å². The molecule has 0 saturated carbocycles. The van der Waals surface area contributed by atoms with Crippen LogP contribution in [0.5, 0.6) is 5.75 Å². The molecular weight excluding hydrogens is 345 g/mol. The van der Waals surface area contributed by atoms with Gasteiger partial charge in [-0.1, -0.05) is 24.3 Å². The van der Waals surface area contributed by atoms with Gasteiger partial charge in [0.2, 0.25) is 5.91 Å². The summed E-state index contributed by atoms with van der Waals surface area (Å²) in [5.74, 6) is -0.622. The molecule has 1 heterocycles. The molecular formula is C19H17F3N2O2. The largest absolute Gasteiger partial charge is 0.573 e. The third kappa shape index (κ3) is 4.78. The van der Waals surface area contributed by atoms with E-state index in [1.54, 1.807) is 0 Å². The highest BCUT2D eigenvalue weighted by molar-refractivity contribution is 5.91. The van der Waals surface area contributed by atoms with Crippen LogP contribution >= 0.6 is 0 Å². The number of nitrogens with one attached hydrogen (secondary N) is 2. The predicted molar refractivity (Wildman–Crippen MR) is 93.0 cm³/mol. The molecule has 0 unspecified atom stereocenters. The Hall–Kier alpha value is -2.96. The number of anilines is 1. The molecule has 26 heavy (non-hydrogen) atoms. The third-order valence-corrected chi connectivity index (χ3v) is 3.88. The molecule has 136 valence electrons. The topological polar surface area (TPSA) is 54.1 Å². The van der Waals surface area contributed by atoms with E-state index >= 15 is 0 Å². The van der Waals surface area contributed by atoms with Crippen molar-refractivity contribution in [2.45, 2.75) is 25.6 Å². The van der Waals surface area contributed by atoms with Gasteiger partial charge >= 0.3 is 6.36 Å². The summed E-state index contributed by atoms with van der Waals surface area (Å²) in [5.41, 5.74) is 2.45. The van der Waals surface area contributed by atoms with Gasteiger partial charge in [-0.05, 0) is 36.6 Å². The number of amides is 1. The molecule has 0 saturated heterocycles. The summed E-state index contributed by atoms with van der Waals surface area (Å²) in [5, 5.41) is 3.72. The molecule has 1 amide bonds. The van der Waals surface area contributed by atoms with Crippen molar-refractivity contribution < 1.29 is 22.7 Å². The van der Waals surface area contributed by atoms with Crippen LogP contribution < -0.4 is 10.1 Å². The van der Waals surface area contributed by atoms with Crippen LogP contribution in [0.1, 0.15) is 18.4 Å². The number of aromatic nitrogens is 1. The van der Waals surface area contributed by atoms with E-state index in [-0.39, 0.29) is 23.8 Å². The normalized spacial score (nSPS) is 11.5. The zero-order chi connectivity index (χ0) is 18.6. The number of alkyl halides is 3. The highest BCUT2D eigenvalue weighted by Crippen LogP contribution is 2.25. The Kier molecular flexibility index (Phi) is 5.16. The predicted octanol–water partition coefficient (Wildman–Crippen LogP) is 5.03. The maximum Gasteiger partial charge on any atom is 0.573 e. The molecule has 0 bridgehead atoms. The average Bonchev–Trinajstić information content (AvgIpc) is 2.97. The smallest absolute Gasteiger partial charge is 0.406 e. The van der Waals surface area contributed by atoms with Crippen molar-refractivity contribution >= 4 is 22.5 Å². The lowest BCUT2D eigenvalue weighted by atomic mass is 10.1. The zero-order valence-corrected chi connectivity index (χ0v) is 13.8. The van der Waals surface area contributed by atoms with Gasteiger partial charge in [-0.3, -0.25) is 4.79 Å². The molecule has 0 atom stereocenters. The van der Waals surface area contributed by atoms with Gasteiger partial charge in [0.1, 0.15) is 5.75 Å². The molecule has 3 aromatic rings. The summed E-state index contributed by atoms with van der Waals surface area (Å²) < 4.78 is 40.5. The van der Waals surface area contributed by atoms with Crippen molar-refractivity contribution in [3.63, 3.8) is 0 Å². The lowest BCUT2D eigenvalue weighted by Gasteiger charge is -2.10. The average molecular weight is 362 g/mol. The number of carbonyl (C=O) groups is 1. The van der Waals surface area contributed by atoms with Gasteiger partial charge in [0.05, 0.1) is 0 Å². The van der Waals surface area contributed by atoms with E-state index in [0.717, 1.165) is 29.0 Å². The Morgan fingerprint density at radius 1 is 1.12 bits per heavy atom. The maximum atomic E-state index is 12.2. The number of ether oxygens (including phenoxy) is 1. The first-order chi connectivity index (χ1) is 12.4. The van der Waals surface area contributed by atoms with Gasteiger partial charge in [0, 0.05) is 35.3 Å². The van der Waals surface area contributed by atoms with Crippen LogP contribution in [0.3, 0.4) is 0 Å². The highest BCUT2D eigenvalue weighted by Gasteiger charge is 2.31. The minimum absolute atomic E-state index is 0.256. The number of rotatable bonds is 6. The van der Waals surface area contributed by atoms with Crippen LogP contribution in [-0.4, -0.2) is 17.3 Å². The monoisotopic (exact) mass is 362 g/mol. The second kappa shape index (κ2) is 7.51. The van der Waals surface area contributed by atoms with Crippen LogP contribution in [0.4, 0.5) is 18.9 Å². The molecule has 2 N–H and O–H groups in total. The molecule has 0 aliphatic rings. The van der Waals surface area contributed by atoms with E-state index in [1.807, 2.05) is 30.5 Å². The lowest BCUT2D eigenvalue weighted by molar-refractivity contribution is -0.274. The van der Waals surface area contributed by atoms with Crippen molar-refractivity contribution in [2.75, 3.05) is 5.32 Å². The van der Waals surface area contributed by atoms with E-state index in [0.29, 0.717) is 6.42 Å². The van der Waals surface area contributed by atoms with Crippen LogP contribution in [0.25, 0.3) is 10.9 Å². The SMILES string of the molecule is O=C(CCCc1c[nH]c2ccccc12)Nc1cccc(OC(F)(F)F)c1. The summed E-state index contributed by atoms with van der Waals surface area (Å²) in [4.78, 5) is 15.2. The molecule has 3 rings (SSSR count). The molecule has 4 nitrogen and oxygen atoms in total. The molecule has 2 aromatic carbocycles. The molecule has 0 spiro atoms. The number of para-hydroxylation sites is 1. The summed E-state index contributed by atoms with van der Waals surface area (Å²) in [6.07, 6.45) is -1.20. The van der Waals surface area contributed by atoms with Crippen LogP contribution in [0.2, 0.25) is 0 Å². The van der Waals surface area contributed by atoms with Crippen LogP contribution in [0.15, 0.2) is 54.7 Å². The number of fused-ring (bicyclic) bond motifs is 1. The molecule has 0 aliphatic carbocycles. The third-order valence-electron chi connectivity index (χ3n) is 3.88. The van der Waals surface area contributed by atoms with Gasteiger partial charge in [-0.15, -0.1) is 13.2 Å². The number of aromatic amines is 1. The Labute approximate surface area is 148 Å². The van der Waals surface area contributed by atoms with Crippen LogP contribution in [0, 0.1) is 0 Å². The Bertz CT molecular complexity index is 903. The quantitative estimate of drug-likeness (QED) is 0.646. The second-order valence-corrected chi connectivity index (χ2v) is 5.84. The van der Waals surface area contributed by atoms with Gasteiger partial charge in [-0.2, -0.15) is 0 Å². The van der Waals surface area contributed by atoms with Crippen molar-refractivity contribution in [3.05, 3.63) is 60.3 Å². The Morgan fingerprint density at radius 3 is 2.73 bits per heavy atom. The minimum atomic E-state index is -4.76. The number of aryl methyl sites for hydroxylation is 1. The zero-order valence-electron chi connectivity index (χ0n) is 13.8. The number of hydrogen-bond acceptors (Lipinski definition) is 2. The lowest BCUT2D eigenvalue weighted by Crippen LogP contribution is -2.17. The van der Waals surface area contributed by atoms with Crippen molar-refractivity contribution in [2.24, 2.45) is 0 Å².